The van der Waals surface area contributed by atoms with Gasteiger partial charge in [0.15, 0.2) is 0 Å². The number of carbonyl (C=O) groups is 1. The molecule has 0 atom stereocenters. The third kappa shape index (κ3) is 3.42. The standard InChI is InChI=1S/C15H13ClO4/c1-19-12-3-2-4-13(8-12)20-9-11-6-5-10(15(17)18)7-14(11)16/h2-8H,9H2,1H3,(H,17,18). The molecule has 0 radical (unpaired) electrons. The van der Waals surface area contributed by atoms with Crippen LogP contribution in [0.1, 0.15) is 15.9 Å². The van der Waals surface area contributed by atoms with Crippen molar-refractivity contribution in [3.05, 3.63) is 58.6 Å². The van der Waals surface area contributed by atoms with Crippen LogP contribution in [0.2, 0.25) is 5.02 Å². The number of carboxylic acids is 1. The van der Waals surface area contributed by atoms with Crippen LogP contribution in [-0.4, -0.2) is 18.2 Å². The average molecular weight is 293 g/mol. The zero-order valence-electron chi connectivity index (χ0n) is 10.8. The van der Waals surface area contributed by atoms with Gasteiger partial charge in [0.1, 0.15) is 18.1 Å². The number of aromatic carboxylic acids is 1. The smallest absolute Gasteiger partial charge is 0.335 e. The van der Waals surface area contributed by atoms with Crippen molar-refractivity contribution in [2.45, 2.75) is 6.61 Å². The molecule has 0 saturated heterocycles. The van der Waals surface area contributed by atoms with E-state index < -0.39 is 5.97 Å². The summed E-state index contributed by atoms with van der Waals surface area (Å²) in [6, 6.07) is 11.8. The highest BCUT2D eigenvalue weighted by atomic mass is 35.5. The molecule has 4 nitrogen and oxygen atoms in total. The predicted octanol–water partition coefficient (Wildman–Crippen LogP) is 3.63. The van der Waals surface area contributed by atoms with Crippen molar-refractivity contribution in [3.8, 4) is 11.5 Å². The van der Waals surface area contributed by atoms with E-state index in [1.54, 1.807) is 19.2 Å². The summed E-state index contributed by atoms with van der Waals surface area (Å²) in [7, 11) is 1.58. The van der Waals surface area contributed by atoms with Crippen LogP contribution in [-0.2, 0) is 6.61 Å². The molecule has 1 N–H and O–H groups in total. The van der Waals surface area contributed by atoms with E-state index in [0.29, 0.717) is 16.5 Å². The normalized spacial score (nSPS) is 10.1. The van der Waals surface area contributed by atoms with Gasteiger partial charge in [-0.25, -0.2) is 4.79 Å². The SMILES string of the molecule is COc1cccc(OCc2ccc(C(=O)O)cc2Cl)c1. The highest BCUT2D eigenvalue weighted by Crippen LogP contribution is 2.23. The molecule has 2 rings (SSSR count). The summed E-state index contributed by atoms with van der Waals surface area (Å²) >= 11 is 6.03. The molecule has 104 valence electrons. The molecule has 2 aromatic rings. The zero-order chi connectivity index (χ0) is 14.5. The first-order valence-electron chi connectivity index (χ1n) is 5.88. The van der Waals surface area contributed by atoms with Crippen molar-refractivity contribution in [2.24, 2.45) is 0 Å². The molecule has 5 heteroatoms. The van der Waals surface area contributed by atoms with E-state index in [1.165, 1.54) is 12.1 Å². The van der Waals surface area contributed by atoms with Gasteiger partial charge in [0.05, 0.1) is 12.7 Å². The minimum absolute atomic E-state index is 0.153. The van der Waals surface area contributed by atoms with Crippen molar-refractivity contribution >= 4 is 17.6 Å². The minimum Gasteiger partial charge on any atom is -0.497 e. The monoisotopic (exact) mass is 292 g/mol. The maximum atomic E-state index is 10.8. The summed E-state index contributed by atoms with van der Waals surface area (Å²) in [4.78, 5) is 10.8. The van der Waals surface area contributed by atoms with Gasteiger partial charge in [0.2, 0.25) is 0 Å². The van der Waals surface area contributed by atoms with Crippen LogP contribution in [0.3, 0.4) is 0 Å². The van der Waals surface area contributed by atoms with Gasteiger partial charge in [-0.15, -0.1) is 0 Å². The third-order valence-corrected chi connectivity index (χ3v) is 3.09. The molecule has 0 aromatic heterocycles. The van der Waals surface area contributed by atoms with E-state index in [0.717, 1.165) is 5.56 Å². The van der Waals surface area contributed by atoms with E-state index >= 15 is 0 Å². The highest BCUT2D eigenvalue weighted by Gasteiger charge is 2.07. The lowest BCUT2D eigenvalue weighted by Crippen LogP contribution is -2.00. The number of hydrogen-bond acceptors (Lipinski definition) is 3. The van der Waals surface area contributed by atoms with Gasteiger partial charge in [-0.3, -0.25) is 0 Å². The summed E-state index contributed by atoms with van der Waals surface area (Å²) < 4.78 is 10.7. The third-order valence-electron chi connectivity index (χ3n) is 2.74. The summed E-state index contributed by atoms with van der Waals surface area (Å²) in [6.07, 6.45) is 0. The molecular weight excluding hydrogens is 280 g/mol. The second-order valence-electron chi connectivity index (χ2n) is 4.08. The Hall–Kier alpha value is -2.20. The Labute approximate surface area is 121 Å². The van der Waals surface area contributed by atoms with Crippen molar-refractivity contribution in [2.75, 3.05) is 7.11 Å². The molecular formula is C15H13ClO4. The van der Waals surface area contributed by atoms with E-state index in [2.05, 4.69) is 0 Å². The Bertz CT molecular complexity index is 625. The number of carboxylic acid groups (broad SMARTS) is 1. The van der Waals surface area contributed by atoms with Gasteiger partial charge in [-0.2, -0.15) is 0 Å². The highest BCUT2D eigenvalue weighted by molar-refractivity contribution is 6.31. The van der Waals surface area contributed by atoms with Crippen molar-refractivity contribution in [1.82, 2.24) is 0 Å². The molecule has 0 amide bonds. The Morgan fingerprint density at radius 1 is 1.20 bits per heavy atom. The zero-order valence-corrected chi connectivity index (χ0v) is 11.6. The van der Waals surface area contributed by atoms with E-state index in [-0.39, 0.29) is 12.2 Å². The molecule has 20 heavy (non-hydrogen) atoms. The van der Waals surface area contributed by atoms with E-state index in [9.17, 15) is 4.79 Å². The molecule has 0 aliphatic carbocycles. The van der Waals surface area contributed by atoms with Crippen molar-refractivity contribution < 1.29 is 19.4 Å². The van der Waals surface area contributed by atoms with Crippen LogP contribution in [0.25, 0.3) is 0 Å². The van der Waals surface area contributed by atoms with Crippen molar-refractivity contribution in [1.29, 1.82) is 0 Å². The number of ether oxygens (including phenoxy) is 2. The fourth-order valence-corrected chi connectivity index (χ4v) is 1.88. The topological polar surface area (TPSA) is 55.8 Å². The maximum Gasteiger partial charge on any atom is 0.335 e. The lowest BCUT2D eigenvalue weighted by atomic mass is 10.1. The summed E-state index contributed by atoms with van der Waals surface area (Å²) in [6.45, 7) is 0.256. The number of benzene rings is 2. The second kappa shape index (κ2) is 6.30. The molecule has 0 heterocycles. The molecule has 0 aliphatic heterocycles. The largest absolute Gasteiger partial charge is 0.497 e. The second-order valence-corrected chi connectivity index (χ2v) is 4.49. The molecule has 0 aliphatic rings. The molecule has 0 bridgehead atoms. The van der Waals surface area contributed by atoms with E-state index in [1.807, 2.05) is 18.2 Å². The minimum atomic E-state index is -1.01. The molecule has 0 spiro atoms. The van der Waals surface area contributed by atoms with E-state index in [4.69, 9.17) is 26.2 Å². The summed E-state index contributed by atoms with van der Waals surface area (Å²) in [5.41, 5.74) is 0.875. The summed E-state index contributed by atoms with van der Waals surface area (Å²) in [5.74, 6) is 0.352. The number of hydrogen-bond donors (Lipinski definition) is 1. The quantitative estimate of drug-likeness (QED) is 0.914. The Balaban J connectivity index is 2.08. The van der Waals surface area contributed by atoms with Gasteiger partial charge in [0, 0.05) is 16.7 Å². The molecule has 0 unspecified atom stereocenters. The molecule has 2 aromatic carbocycles. The van der Waals surface area contributed by atoms with Gasteiger partial charge in [-0.1, -0.05) is 23.7 Å². The number of halogens is 1. The fourth-order valence-electron chi connectivity index (χ4n) is 1.65. The van der Waals surface area contributed by atoms with Crippen LogP contribution in [0.15, 0.2) is 42.5 Å². The first-order valence-corrected chi connectivity index (χ1v) is 6.26. The van der Waals surface area contributed by atoms with Crippen molar-refractivity contribution in [3.63, 3.8) is 0 Å². The van der Waals surface area contributed by atoms with Crippen LogP contribution >= 0.6 is 11.6 Å². The first kappa shape index (κ1) is 14.2. The molecule has 0 fully saturated rings. The van der Waals surface area contributed by atoms with Gasteiger partial charge in [0.25, 0.3) is 0 Å². The summed E-state index contributed by atoms with van der Waals surface area (Å²) in [5, 5.41) is 9.23. The fraction of sp³-hybridized carbons (Fsp3) is 0.133. The first-order chi connectivity index (χ1) is 9.60. The van der Waals surface area contributed by atoms with Crippen LogP contribution in [0.4, 0.5) is 0 Å². The lowest BCUT2D eigenvalue weighted by molar-refractivity contribution is 0.0697. The number of methoxy groups -OCH3 is 1. The predicted molar refractivity (Wildman–Crippen MR) is 75.7 cm³/mol. The molecule has 0 saturated carbocycles. The lowest BCUT2D eigenvalue weighted by Gasteiger charge is -2.09. The average Bonchev–Trinajstić information content (AvgIpc) is 2.46. The Morgan fingerprint density at radius 2 is 1.95 bits per heavy atom. The Morgan fingerprint density at radius 3 is 2.60 bits per heavy atom. The van der Waals surface area contributed by atoms with Crippen LogP contribution in [0.5, 0.6) is 11.5 Å². The van der Waals surface area contributed by atoms with Gasteiger partial charge < -0.3 is 14.6 Å². The van der Waals surface area contributed by atoms with Gasteiger partial charge in [-0.05, 0) is 24.3 Å². The maximum absolute atomic E-state index is 10.8. The van der Waals surface area contributed by atoms with Crippen LogP contribution < -0.4 is 9.47 Å². The Kier molecular flexibility index (Phi) is 4.48. The van der Waals surface area contributed by atoms with Crippen LogP contribution in [0, 0.1) is 0 Å². The number of rotatable bonds is 5. The van der Waals surface area contributed by atoms with Gasteiger partial charge >= 0.3 is 5.97 Å².